The van der Waals surface area contributed by atoms with Crippen molar-refractivity contribution in [3.8, 4) is 0 Å². The Labute approximate surface area is 157 Å². The maximum absolute atomic E-state index is 13.7. The molecule has 0 bridgehead atoms. The molecule has 27 heavy (non-hydrogen) atoms. The monoisotopic (exact) mass is 364 g/mol. The number of carbonyl (C=O) groups is 1. The molecule has 0 aliphatic heterocycles. The second kappa shape index (κ2) is 8.40. The molecule has 0 atom stereocenters. The van der Waals surface area contributed by atoms with Crippen molar-refractivity contribution in [3.63, 3.8) is 0 Å². The number of hydrogen-bond acceptors (Lipinski definition) is 4. The molecule has 1 heterocycles. The van der Waals surface area contributed by atoms with Crippen LogP contribution in [0.2, 0.25) is 0 Å². The van der Waals surface area contributed by atoms with Gasteiger partial charge in [-0.25, -0.2) is 14.4 Å². The number of rotatable bonds is 6. The molecule has 5 nitrogen and oxygen atoms in total. The third kappa shape index (κ3) is 5.10. The van der Waals surface area contributed by atoms with Crippen LogP contribution < -0.4 is 10.6 Å². The normalized spacial score (nSPS) is 10.5. The van der Waals surface area contributed by atoms with E-state index in [2.05, 4.69) is 20.6 Å². The van der Waals surface area contributed by atoms with Crippen LogP contribution in [0.15, 0.2) is 54.6 Å². The van der Waals surface area contributed by atoms with E-state index in [0.29, 0.717) is 23.8 Å². The lowest BCUT2D eigenvalue weighted by molar-refractivity contribution is 0.0945. The largest absolute Gasteiger partial charge is 0.350 e. The summed E-state index contributed by atoms with van der Waals surface area (Å²) in [6.45, 7) is 4.49. The Balaban J connectivity index is 1.66. The smallest absolute Gasteiger partial charge is 0.270 e. The molecule has 138 valence electrons. The summed E-state index contributed by atoms with van der Waals surface area (Å²) in [7, 11) is 0. The summed E-state index contributed by atoms with van der Waals surface area (Å²) in [5.74, 6) is -0.342. The fraction of sp³-hybridized carbons (Fsp3) is 0.190. The fourth-order valence-electron chi connectivity index (χ4n) is 2.56. The average molecular weight is 364 g/mol. The first kappa shape index (κ1) is 18.5. The van der Waals surface area contributed by atoms with Crippen LogP contribution in [0.5, 0.6) is 0 Å². The van der Waals surface area contributed by atoms with Crippen LogP contribution in [-0.4, -0.2) is 15.9 Å². The SMILES string of the molecule is Cc1ccc(CNc2nc(C)cc(C(=O)NCc3ccccc3F)n2)cc1. The minimum atomic E-state index is -0.373. The van der Waals surface area contributed by atoms with Gasteiger partial charge in [-0.05, 0) is 31.5 Å². The second-order valence-electron chi connectivity index (χ2n) is 6.33. The van der Waals surface area contributed by atoms with Crippen molar-refractivity contribution in [2.75, 3.05) is 5.32 Å². The Morgan fingerprint density at radius 3 is 2.48 bits per heavy atom. The fourth-order valence-corrected chi connectivity index (χ4v) is 2.56. The molecule has 2 N–H and O–H groups in total. The van der Waals surface area contributed by atoms with Gasteiger partial charge in [0.15, 0.2) is 0 Å². The molecule has 0 unspecified atom stereocenters. The predicted octanol–water partition coefficient (Wildman–Crippen LogP) is 3.77. The molecule has 3 rings (SSSR count). The predicted molar refractivity (Wildman–Crippen MR) is 103 cm³/mol. The van der Waals surface area contributed by atoms with Crippen molar-refractivity contribution in [1.29, 1.82) is 0 Å². The second-order valence-corrected chi connectivity index (χ2v) is 6.33. The molecule has 0 saturated carbocycles. The number of amides is 1. The summed E-state index contributed by atoms with van der Waals surface area (Å²) in [6.07, 6.45) is 0. The number of aryl methyl sites for hydroxylation is 2. The van der Waals surface area contributed by atoms with E-state index < -0.39 is 0 Å². The average Bonchev–Trinajstić information content (AvgIpc) is 2.66. The summed E-state index contributed by atoms with van der Waals surface area (Å²) < 4.78 is 13.7. The number of carbonyl (C=O) groups excluding carboxylic acids is 1. The molecule has 0 spiro atoms. The van der Waals surface area contributed by atoms with Crippen LogP contribution in [0.3, 0.4) is 0 Å². The molecule has 1 amide bonds. The quantitative estimate of drug-likeness (QED) is 0.699. The van der Waals surface area contributed by atoms with Gasteiger partial charge in [0.1, 0.15) is 11.5 Å². The zero-order valence-corrected chi connectivity index (χ0v) is 15.3. The van der Waals surface area contributed by atoms with Crippen molar-refractivity contribution in [1.82, 2.24) is 15.3 Å². The molecular weight excluding hydrogens is 343 g/mol. The lowest BCUT2D eigenvalue weighted by Crippen LogP contribution is -2.25. The van der Waals surface area contributed by atoms with Crippen molar-refractivity contribution in [2.24, 2.45) is 0 Å². The lowest BCUT2D eigenvalue weighted by atomic mass is 10.1. The first-order valence-electron chi connectivity index (χ1n) is 8.68. The van der Waals surface area contributed by atoms with Crippen LogP contribution in [0, 0.1) is 19.7 Å². The van der Waals surface area contributed by atoms with E-state index in [1.54, 1.807) is 31.2 Å². The van der Waals surface area contributed by atoms with E-state index in [1.165, 1.54) is 11.6 Å². The van der Waals surface area contributed by atoms with Crippen molar-refractivity contribution >= 4 is 11.9 Å². The number of anilines is 1. The first-order chi connectivity index (χ1) is 13.0. The van der Waals surface area contributed by atoms with Gasteiger partial charge >= 0.3 is 0 Å². The molecule has 0 aliphatic rings. The molecule has 3 aromatic rings. The van der Waals surface area contributed by atoms with Gasteiger partial charge in [-0.15, -0.1) is 0 Å². The zero-order valence-electron chi connectivity index (χ0n) is 15.3. The van der Waals surface area contributed by atoms with Gasteiger partial charge in [0, 0.05) is 24.3 Å². The Kier molecular flexibility index (Phi) is 5.76. The summed E-state index contributed by atoms with van der Waals surface area (Å²) in [6, 6.07) is 16.1. The minimum absolute atomic E-state index is 0.0979. The molecular formula is C21H21FN4O. The van der Waals surface area contributed by atoms with Crippen molar-refractivity contribution in [2.45, 2.75) is 26.9 Å². The van der Waals surface area contributed by atoms with E-state index in [1.807, 2.05) is 31.2 Å². The van der Waals surface area contributed by atoms with Crippen molar-refractivity contribution < 1.29 is 9.18 Å². The highest BCUT2D eigenvalue weighted by Gasteiger charge is 2.11. The molecule has 2 aromatic carbocycles. The van der Waals surface area contributed by atoms with Gasteiger partial charge in [0.25, 0.3) is 5.91 Å². The maximum Gasteiger partial charge on any atom is 0.270 e. The highest BCUT2D eigenvalue weighted by atomic mass is 19.1. The van der Waals surface area contributed by atoms with Crippen LogP contribution in [0.4, 0.5) is 10.3 Å². The maximum atomic E-state index is 13.7. The summed E-state index contributed by atoms with van der Waals surface area (Å²) in [5.41, 5.74) is 3.63. The van der Waals surface area contributed by atoms with Crippen LogP contribution in [0.1, 0.15) is 32.9 Å². The summed E-state index contributed by atoms with van der Waals surface area (Å²) in [5, 5.41) is 5.83. The van der Waals surface area contributed by atoms with E-state index in [4.69, 9.17) is 0 Å². The molecule has 1 aromatic heterocycles. The number of benzene rings is 2. The van der Waals surface area contributed by atoms with Gasteiger partial charge in [0.05, 0.1) is 0 Å². The number of nitrogens with one attached hydrogen (secondary N) is 2. The first-order valence-corrected chi connectivity index (χ1v) is 8.68. The summed E-state index contributed by atoms with van der Waals surface area (Å²) in [4.78, 5) is 21.0. The van der Waals surface area contributed by atoms with E-state index in [0.717, 1.165) is 5.56 Å². The molecule has 6 heteroatoms. The number of hydrogen-bond donors (Lipinski definition) is 2. The van der Waals surface area contributed by atoms with E-state index >= 15 is 0 Å². The molecule has 0 saturated heterocycles. The van der Waals surface area contributed by atoms with Crippen LogP contribution in [-0.2, 0) is 13.1 Å². The lowest BCUT2D eigenvalue weighted by Gasteiger charge is -2.09. The Bertz CT molecular complexity index is 941. The van der Waals surface area contributed by atoms with Crippen LogP contribution >= 0.6 is 0 Å². The Morgan fingerprint density at radius 2 is 1.74 bits per heavy atom. The molecule has 0 fully saturated rings. The molecule has 0 aliphatic carbocycles. The van der Waals surface area contributed by atoms with E-state index in [-0.39, 0.29) is 24.0 Å². The van der Waals surface area contributed by atoms with E-state index in [9.17, 15) is 9.18 Å². The Morgan fingerprint density at radius 1 is 1.00 bits per heavy atom. The highest BCUT2D eigenvalue weighted by molar-refractivity contribution is 5.92. The zero-order chi connectivity index (χ0) is 19.2. The standard InChI is InChI=1S/C21H21FN4O/c1-14-7-9-16(10-8-14)12-24-21-25-15(2)11-19(26-21)20(27)23-13-17-5-3-4-6-18(17)22/h3-11H,12-13H2,1-2H3,(H,23,27)(H,24,25,26). The number of halogens is 1. The Hall–Kier alpha value is -3.28. The summed E-state index contributed by atoms with van der Waals surface area (Å²) >= 11 is 0. The minimum Gasteiger partial charge on any atom is -0.350 e. The third-order valence-corrected chi connectivity index (χ3v) is 4.06. The van der Waals surface area contributed by atoms with Crippen molar-refractivity contribution in [3.05, 3.63) is 88.5 Å². The third-order valence-electron chi connectivity index (χ3n) is 4.06. The van der Waals surface area contributed by atoms with Gasteiger partial charge < -0.3 is 10.6 Å². The highest BCUT2D eigenvalue weighted by Crippen LogP contribution is 2.10. The van der Waals surface area contributed by atoms with Gasteiger partial charge in [-0.2, -0.15) is 0 Å². The van der Waals surface area contributed by atoms with Gasteiger partial charge in [-0.1, -0.05) is 48.0 Å². The van der Waals surface area contributed by atoms with Gasteiger partial charge in [-0.3, -0.25) is 4.79 Å². The topological polar surface area (TPSA) is 66.9 Å². The number of aromatic nitrogens is 2. The molecule has 0 radical (unpaired) electrons. The number of nitrogens with zero attached hydrogens (tertiary/aromatic N) is 2. The van der Waals surface area contributed by atoms with Gasteiger partial charge in [0.2, 0.25) is 5.95 Å². The van der Waals surface area contributed by atoms with Crippen LogP contribution in [0.25, 0.3) is 0 Å².